The van der Waals surface area contributed by atoms with E-state index in [2.05, 4.69) is 9.97 Å². The lowest BCUT2D eigenvalue weighted by molar-refractivity contribution is 0.0528. The summed E-state index contributed by atoms with van der Waals surface area (Å²) >= 11 is 24.5. The standard InChI is InChI=1S/C18H12Cl4N2O2/c1-2-26-18(25)16-11(15-12(20)5-10(19)6-13(15)21)8-24-17(16)9-3-4-14(22)23-7-9/h3-8,24H,2H2,1H3. The van der Waals surface area contributed by atoms with E-state index in [1.54, 1.807) is 43.6 Å². The van der Waals surface area contributed by atoms with E-state index in [0.717, 1.165) is 0 Å². The molecule has 0 aliphatic carbocycles. The van der Waals surface area contributed by atoms with Crippen molar-refractivity contribution in [2.24, 2.45) is 0 Å². The van der Waals surface area contributed by atoms with Gasteiger partial charge in [-0.15, -0.1) is 0 Å². The van der Waals surface area contributed by atoms with Gasteiger partial charge in [0.25, 0.3) is 0 Å². The second-order valence-corrected chi connectivity index (χ2v) is 6.92. The van der Waals surface area contributed by atoms with Crippen molar-refractivity contribution < 1.29 is 9.53 Å². The minimum atomic E-state index is -0.504. The van der Waals surface area contributed by atoms with E-state index in [0.29, 0.717) is 48.2 Å². The summed E-state index contributed by atoms with van der Waals surface area (Å²) in [4.78, 5) is 19.8. The highest BCUT2D eigenvalue weighted by Crippen LogP contribution is 2.41. The van der Waals surface area contributed by atoms with Crippen molar-refractivity contribution in [3.63, 3.8) is 0 Å². The van der Waals surface area contributed by atoms with Crippen molar-refractivity contribution in [2.45, 2.75) is 6.92 Å². The number of pyridine rings is 1. The predicted molar refractivity (Wildman–Crippen MR) is 105 cm³/mol. The predicted octanol–water partition coefficient (Wildman–Crippen LogP) is 6.53. The molecule has 0 aliphatic heterocycles. The third-order valence-electron chi connectivity index (χ3n) is 3.65. The van der Waals surface area contributed by atoms with Gasteiger partial charge in [0.1, 0.15) is 5.15 Å². The van der Waals surface area contributed by atoms with Crippen LogP contribution in [-0.4, -0.2) is 22.5 Å². The summed E-state index contributed by atoms with van der Waals surface area (Å²) < 4.78 is 5.22. The third-order valence-corrected chi connectivity index (χ3v) is 4.69. The Kier molecular flexibility index (Phi) is 5.78. The van der Waals surface area contributed by atoms with Gasteiger partial charge in [0.05, 0.1) is 27.9 Å². The molecule has 2 aromatic heterocycles. The molecule has 3 aromatic rings. The van der Waals surface area contributed by atoms with Crippen LogP contribution >= 0.6 is 46.4 Å². The molecule has 134 valence electrons. The number of carbonyl (C=O) groups excluding carboxylic acids is 1. The monoisotopic (exact) mass is 428 g/mol. The van der Waals surface area contributed by atoms with Crippen molar-refractivity contribution >= 4 is 52.4 Å². The Morgan fingerprint density at radius 1 is 1.15 bits per heavy atom. The summed E-state index contributed by atoms with van der Waals surface area (Å²) in [6.07, 6.45) is 3.21. The number of halogens is 4. The number of nitrogens with zero attached hydrogens (tertiary/aromatic N) is 1. The van der Waals surface area contributed by atoms with Crippen molar-refractivity contribution in [1.82, 2.24) is 9.97 Å². The molecule has 0 saturated carbocycles. The maximum absolute atomic E-state index is 12.6. The quantitative estimate of drug-likeness (QED) is 0.378. The molecule has 8 heteroatoms. The highest BCUT2D eigenvalue weighted by Gasteiger charge is 2.25. The summed E-state index contributed by atoms with van der Waals surface area (Å²) in [6.45, 7) is 1.96. The molecule has 0 radical (unpaired) electrons. The average Bonchev–Trinajstić information content (AvgIpc) is 2.99. The summed E-state index contributed by atoms with van der Waals surface area (Å²) in [5.41, 5.74) is 2.52. The first kappa shape index (κ1) is 19.1. The number of aromatic nitrogens is 2. The third kappa shape index (κ3) is 3.69. The Bertz CT molecular complexity index is 945. The Balaban J connectivity index is 2.24. The number of rotatable bonds is 4. The molecular weight excluding hydrogens is 418 g/mol. The average molecular weight is 430 g/mol. The first-order valence-corrected chi connectivity index (χ1v) is 9.09. The van der Waals surface area contributed by atoms with Crippen molar-refractivity contribution in [1.29, 1.82) is 0 Å². The van der Waals surface area contributed by atoms with Crippen molar-refractivity contribution in [2.75, 3.05) is 6.61 Å². The molecule has 1 N–H and O–H groups in total. The lowest BCUT2D eigenvalue weighted by Gasteiger charge is -2.10. The molecule has 0 amide bonds. The topological polar surface area (TPSA) is 55.0 Å². The van der Waals surface area contributed by atoms with Gasteiger partial charge in [0.15, 0.2) is 0 Å². The van der Waals surface area contributed by atoms with Crippen LogP contribution in [0, 0.1) is 0 Å². The van der Waals surface area contributed by atoms with Gasteiger partial charge in [0, 0.05) is 34.1 Å². The summed E-state index contributed by atoms with van der Waals surface area (Å²) in [7, 11) is 0. The highest BCUT2D eigenvalue weighted by molar-refractivity contribution is 6.42. The van der Waals surface area contributed by atoms with Crippen LogP contribution in [0.15, 0.2) is 36.7 Å². The van der Waals surface area contributed by atoms with Gasteiger partial charge in [-0.3, -0.25) is 0 Å². The molecule has 1 aromatic carbocycles. The second-order valence-electron chi connectivity index (χ2n) is 5.29. The summed E-state index contributed by atoms with van der Waals surface area (Å²) in [5, 5.41) is 1.40. The maximum Gasteiger partial charge on any atom is 0.340 e. The van der Waals surface area contributed by atoms with Gasteiger partial charge in [0.2, 0.25) is 0 Å². The van der Waals surface area contributed by atoms with E-state index < -0.39 is 5.97 Å². The number of aromatic amines is 1. The zero-order chi connectivity index (χ0) is 18.8. The smallest absolute Gasteiger partial charge is 0.340 e. The molecule has 0 aliphatic rings. The van der Waals surface area contributed by atoms with Crippen LogP contribution in [0.1, 0.15) is 17.3 Å². The zero-order valence-electron chi connectivity index (χ0n) is 13.4. The first-order valence-electron chi connectivity index (χ1n) is 7.57. The molecule has 3 rings (SSSR count). The van der Waals surface area contributed by atoms with Crippen molar-refractivity contribution in [3.8, 4) is 22.4 Å². The number of benzene rings is 1. The number of esters is 1. The Labute approximate surface area is 170 Å². The Hall–Kier alpha value is -1.72. The number of ether oxygens (including phenoxy) is 1. The van der Waals surface area contributed by atoms with Gasteiger partial charge in [-0.1, -0.05) is 46.4 Å². The molecule has 0 atom stereocenters. The Morgan fingerprint density at radius 3 is 2.42 bits per heavy atom. The SMILES string of the molecule is CCOC(=O)c1c(-c2c(Cl)cc(Cl)cc2Cl)c[nH]c1-c1ccc(Cl)nc1. The van der Waals surface area contributed by atoms with E-state index in [1.807, 2.05) is 0 Å². The number of hydrogen-bond donors (Lipinski definition) is 1. The number of carbonyl (C=O) groups is 1. The minimum absolute atomic E-state index is 0.226. The van der Waals surface area contributed by atoms with E-state index in [4.69, 9.17) is 51.1 Å². The van der Waals surface area contributed by atoms with E-state index >= 15 is 0 Å². The largest absolute Gasteiger partial charge is 0.462 e. The molecular formula is C18H12Cl4N2O2. The number of H-pyrrole nitrogens is 1. The number of nitrogens with one attached hydrogen (secondary N) is 1. The molecule has 0 unspecified atom stereocenters. The van der Waals surface area contributed by atoms with Gasteiger partial charge in [-0.05, 0) is 31.2 Å². The van der Waals surface area contributed by atoms with Crippen LogP contribution in [0.3, 0.4) is 0 Å². The van der Waals surface area contributed by atoms with E-state index in [-0.39, 0.29) is 6.61 Å². The van der Waals surface area contributed by atoms with Gasteiger partial charge < -0.3 is 9.72 Å². The first-order chi connectivity index (χ1) is 12.4. The van der Waals surface area contributed by atoms with Crippen LogP contribution in [0.2, 0.25) is 20.2 Å². The fraction of sp³-hybridized carbons (Fsp3) is 0.111. The molecule has 0 bridgehead atoms. The fourth-order valence-electron chi connectivity index (χ4n) is 2.59. The molecule has 4 nitrogen and oxygen atoms in total. The van der Waals surface area contributed by atoms with Crippen LogP contribution in [-0.2, 0) is 4.74 Å². The molecule has 26 heavy (non-hydrogen) atoms. The Morgan fingerprint density at radius 2 is 1.85 bits per heavy atom. The zero-order valence-corrected chi connectivity index (χ0v) is 16.5. The van der Waals surface area contributed by atoms with Crippen molar-refractivity contribution in [3.05, 3.63) is 62.4 Å². The van der Waals surface area contributed by atoms with E-state index in [1.165, 1.54) is 0 Å². The van der Waals surface area contributed by atoms with Gasteiger partial charge >= 0.3 is 5.97 Å². The fourth-order valence-corrected chi connectivity index (χ4v) is 3.72. The maximum atomic E-state index is 12.6. The number of hydrogen-bond acceptors (Lipinski definition) is 3. The minimum Gasteiger partial charge on any atom is -0.462 e. The van der Waals surface area contributed by atoms with Crippen LogP contribution in [0.25, 0.3) is 22.4 Å². The molecule has 0 spiro atoms. The van der Waals surface area contributed by atoms with Crippen LogP contribution in [0.4, 0.5) is 0 Å². The van der Waals surface area contributed by atoms with E-state index in [9.17, 15) is 4.79 Å². The lowest BCUT2D eigenvalue weighted by atomic mass is 10.0. The summed E-state index contributed by atoms with van der Waals surface area (Å²) in [6, 6.07) is 6.51. The van der Waals surface area contributed by atoms with Crippen LogP contribution in [0.5, 0.6) is 0 Å². The molecule has 0 fully saturated rings. The lowest BCUT2D eigenvalue weighted by Crippen LogP contribution is -2.07. The highest BCUT2D eigenvalue weighted by atomic mass is 35.5. The molecule has 2 heterocycles. The van der Waals surface area contributed by atoms with Gasteiger partial charge in [-0.25, -0.2) is 9.78 Å². The van der Waals surface area contributed by atoms with Gasteiger partial charge in [-0.2, -0.15) is 0 Å². The molecule has 0 saturated heterocycles. The summed E-state index contributed by atoms with van der Waals surface area (Å²) in [5.74, 6) is -0.504. The second kappa shape index (κ2) is 7.89. The van der Waals surface area contributed by atoms with Crippen LogP contribution < -0.4 is 0 Å². The normalized spacial score (nSPS) is 10.8.